The number of para-hydroxylation sites is 1. The van der Waals surface area contributed by atoms with Crippen molar-refractivity contribution in [3.63, 3.8) is 0 Å². The highest BCUT2D eigenvalue weighted by Crippen LogP contribution is 2.33. The Labute approximate surface area is 116 Å². The average molecular weight is 266 g/mol. The zero-order chi connectivity index (χ0) is 13.9. The lowest BCUT2D eigenvalue weighted by Crippen LogP contribution is -2.26. The van der Waals surface area contributed by atoms with Crippen LogP contribution in [0.4, 0.5) is 0 Å². The fourth-order valence-corrected chi connectivity index (χ4v) is 2.61. The van der Waals surface area contributed by atoms with E-state index in [-0.39, 0.29) is 17.0 Å². The van der Waals surface area contributed by atoms with Crippen LogP contribution in [0.25, 0.3) is 0 Å². The van der Waals surface area contributed by atoms with E-state index in [2.05, 4.69) is 0 Å². The van der Waals surface area contributed by atoms with Crippen LogP contribution in [0.1, 0.15) is 23.5 Å². The van der Waals surface area contributed by atoms with Gasteiger partial charge in [-0.25, -0.2) is 0 Å². The van der Waals surface area contributed by atoms with E-state index in [9.17, 15) is 4.79 Å². The molecule has 3 rings (SSSR count). The Kier molecular flexibility index (Phi) is 3.26. The van der Waals surface area contributed by atoms with Gasteiger partial charge in [0, 0.05) is 18.7 Å². The molecule has 1 aliphatic rings. The second-order valence-electron chi connectivity index (χ2n) is 4.86. The summed E-state index contributed by atoms with van der Waals surface area (Å²) in [6.45, 7) is 1.24. The van der Waals surface area contributed by atoms with Gasteiger partial charge in [0.05, 0.1) is 6.61 Å². The van der Waals surface area contributed by atoms with Crippen molar-refractivity contribution in [2.75, 3.05) is 6.61 Å². The smallest absolute Gasteiger partial charge is 0.268 e. The lowest BCUT2D eigenvalue weighted by atomic mass is 9.93. The second kappa shape index (κ2) is 5.22. The number of rotatable bonds is 2. The van der Waals surface area contributed by atoms with Gasteiger partial charge in [0.15, 0.2) is 0 Å². The topological polar surface area (TPSA) is 55.0 Å². The fraction of sp³-hybridized carbons (Fsp3) is 0.250. The molecule has 0 N–H and O–H groups in total. The first-order chi connectivity index (χ1) is 9.79. The molecule has 20 heavy (non-hydrogen) atoms. The van der Waals surface area contributed by atoms with E-state index in [1.54, 1.807) is 22.9 Å². The Hall–Kier alpha value is -2.54. The molecule has 0 saturated carbocycles. The quantitative estimate of drug-likeness (QED) is 0.838. The Balaban J connectivity index is 1.94. The van der Waals surface area contributed by atoms with Gasteiger partial charge < -0.3 is 9.30 Å². The number of aromatic nitrogens is 1. The van der Waals surface area contributed by atoms with Crippen LogP contribution in [0, 0.1) is 11.3 Å². The van der Waals surface area contributed by atoms with Crippen LogP contribution < -0.4 is 10.3 Å². The third kappa shape index (κ3) is 2.19. The number of fused-ring (bicyclic) bond motifs is 1. The minimum absolute atomic E-state index is 0.188. The van der Waals surface area contributed by atoms with Gasteiger partial charge in [0.1, 0.15) is 17.4 Å². The van der Waals surface area contributed by atoms with Crippen LogP contribution in [0.5, 0.6) is 5.75 Å². The molecule has 0 spiro atoms. The van der Waals surface area contributed by atoms with Gasteiger partial charge in [-0.3, -0.25) is 4.79 Å². The standard InChI is InChI=1S/C16H14N2O2/c17-10-12-4-3-8-18(16(12)19)11-13-7-9-20-15-6-2-1-5-14(13)15/h1-6,8,13H,7,9,11H2. The Morgan fingerprint density at radius 1 is 1.30 bits per heavy atom. The zero-order valence-electron chi connectivity index (χ0n) is 11.0. The minimum Gasteiger partial charge on any atom is -0.493 e. The summed E-state index contributed by atoms with van der Waals surface area (Å²) in [5.41, 5.74) is 1.10. The van der Waals surface area contributed by atoms with Crippen LogP contribution in [-0.2, 0) is 6.54 Å². The number of ether oxygens (including phenoxy) is 1. The van der Waals surface area contributed by atoms with Crippen molar-refractivity contribution in [2.45, 2.75) is 18.9 Å². The predicted octanol–water partition coefficient (Wildman–Crippen LogP) is 2.29. The molecule has 2 aromatic rings. The van der Waals surface area contributed by atoms with Gasteiger partial charge in [-0.1, -0.05) is 18.2 Å². The summed E-state index contributed by atoms with van der Waals surface area (Å²) in [4.78, 5) is 12.1. The second-order valence-corrected chi connectivity index (χ2v) is 4.86. The van der Waals surface area contributed by atoms with E-state index in [0.29, 0.717) is 13.2 Å². The number of benzene rings is 1. The molecule has 1 atom stereocenters. The molecule has 0 bridgehead atoms. The minimum atomic E-state index is -0.223. The van der Waals surface area contributed by atoms with Gasteiger partial charge in [-0.05, 0) is 30.2 Å². The summed E-state index contributed by atoms with van der Waals surface area (Å²) in [6, 6.07) is 13.2. The highest BCUT2D eigenvalue weighted by molar-refractivity contribution is 5.37. The third-order valence-corrected chi connectivity index (χ3v) is 3.64. The first kappa shape index (κ1) is 12.5. The summed E-state index contributed by atoms with van der Waals surface area (Å²) >= 11 is 0. The number of nitrogens with zero attached hydrogens (tertiary/aromatic N) is 2. The average Bonchev–Trinajstić information content (AvgIpc) is 2.50. The molecule has 100 valence electrons. The lowest BCUT2D eigenvalue weighted by Gasteiger charge is -2.26. The normalized spacial score (nSPS) is 16.9. The van der Waals surface area contributed by atoms with Gasteiger partial charge in [0.2, 0.25) is 0 Å². The van der Waals surface area contributed by atoms with Crippen molar-refractivity contribution in [1.82, 2.24) is 4.57 Å². The van der Waals surface area contributed by atoms with E-state index in [0.717, 1.165) is 17.7 Å². The summed E-state index contributed by atoms with van der Waals surface area (Å²) in [5.74, 6) is 1.14. The molecule has 4 nitrogen and oxygen atoms in total. The molecular formula is C16H14N2O2. The van der Waals surface area contributed by atoms with Crippen molar-refractivity contribution in [3.8, 4) is 11.8 Å². The molecule has 0 radical (unpaired) electrons. The SMILES string of the molecule is N#Cc1cccn(CC2CCOc3ccccc32)c1=O. The maximum absolute atomic E-state index is 12.1. The molecule has 1 aromatic carbocycles. The largest absolute Gasteiger partial charge is 0.493 e. The lowest BCUT2D eigenvalue weighted by molar-refractivity contribution is 0.258. The molecule has 0 amide bonds. The molecule has 0 fully saturated rings. The highest BCUT2D eigenvalue weighted by Gasteiger charge is 2.21. The summed E-state index contributed by atoms with van der Waals surface area (Å²) < 4.78 is 7.24. The van der Waals surface area contributed by atoms with E-state index in [1.165, 1.54) is 0 Å². The number of pyridine rings is 1. The number of hydrogen-bond donors (Lipinski definition) is 0. The van der Waals surface area contributed by atoms with Crippen molar-refractivity contribution < 1.29 is 4.74 Å². The van der Waals surface area contributed by atoms with Crippen LogP contribution in [0.3, 0.4) is 0 Å². The summed E-state index contributed by atoms with van der Waals surface area (Å²) in [5, 5.41) is 8.92. The first-order valence-corrected chi connectivity index (χ1v) is 6.61. The van der Waals surface area contributed by atoms with Gasteiger partial charge in [-0.15, -0.1) is 0 Å². The van der Waals surface area contributed by atoms with E-state index < -0.39 is 0 Å². The van der Waals surface area contributed by atoms with E-state index in [4.69, 9.17) is 10.00 Å². The van der Waals surface area contributed by atoms with Crippen LogP contribution in [-0.4, -0.2) is 11.2 Å². The van der Waals surface area contributed by atoms with E-state index in [1.807, 2.05) is 30.3 Å². The number of nitriles is 1. The molecule has 1 aliphatic heterocycles. The van der Waals surface area contributed by atoms with Crippen LogP contribution >= 0.6 is 0 Å². The molecule has 2 heterocycles. The van der Waals surface area contributed by atoms with Gasteiger partial charge in [0.25, 0.3) is 5.56 Å². The van der Waals surface area contributed by atoms with E-state index >= 15 is 0 Å². The summed E-state index contributed by atoms with van der Waals surface area (Å²) in [7, 11) is 0. The molecule has 0 saturated heterocycles. The van der Waals surface area contributed by atoms with Crippen molar-refractivity contribution in [1.29, 1.82) is 5.26 Å². The van der Waals surface area contributed by atoms with Gasteiger partial charge >= 0.3 is 0 Å². The van der Waals surface area contributed by atoms with Crippen molar-refractivity contribution >= 4 is 0 Å². The monoisotopic (exact) mass is 266 g/mol. The van der Waals surface area contributed by atoms with Crippen molar-refractivity contribution in [3.05, 3.63) is 64.1 Å². The molecular weight excluding hydrogens is 252 g/mol. The van der Waals surface area contributed by atoms with Crippen LogP contribution in [0.15, 0.2) is 47.4 Å². The fourth-order valence-electron chi connectivity index (χ4n) is 2.61. The Morgan fingerprint density at radius 2 is 2.15 bits per heavy atom. The summed E-state index contributed by atoms with van der Waals surface area (Å²) in [6.07, 6.45) is 2.61. The Bertz CT molecular complexity index is 728. The van der Waals surface area contributed by atoms with Gasteiger partial charge in [-0.2, -0.15) is 5.26 Å². The molecule has 1 unspecified atom stereocenters. The molecule has 0 aliphatic carbocycles. The first-order valence-electron chi connectivity index (χ1n) is 6.61. The molecule has 1 aromatic heterocycles. The maximum atomic E-state index is 12.1. The molecule has 4 heteroatoms. The third-order valence-electron chi connectivity index (χ3n) is 3.64. The maximum Gasteiger partial charge on any atom is 0.268 e. The Morgan fingerprint density at radius 3 is 3.00 bits per heavy atom. The zero-order valence-corrected chi connectivity index (χ0v) is 11.0. The predicted molar refractivity (Wildman–Crippen MR) is 74.7 cm³/mol. The number of hydrogen-bond acceptors (Lipinski definition) is 3. The highest BCUT2D eigenvalue weighted by atomic mass is 16.5. The van der Waals surface area contributed by atoms with Crippen LogP contribution in [0.2, 0.25) is 0 Å². The van der Waals surface area contributed by atoms with Crippen molar-refractivity contribution in [2.24, 2.45) is 0 Å².